The standard InChI is InChI=1S/C28H28ClFN4O4S/c1-36-19-5-6-20(21(30)15-19)26-27-22(31-28-34(27)11-14-39-28)7-8-33(26)24(35)17-38-23-4-2-3-18(25(23)29)16-32-9-12-37-13-10-32/h2-6,11,14-15,26H,7-10,12-13,16-17H2,1H3. The third kappa shape index (κ3) is 5.09. The minimum Gasteiger partial charge on any atom is -0.497 e. The smallest absolute Gasteiger partial charge is 0.261 e. The molecule has 8 nitrogen and oxygen atoms in total. The van der Waals surface area contributed by atoms with E-state index < -0.39 is 11.9 Å². The number of ether oxygens (including phenoxy) is 3. The van der Waals surface area contributed by atoms with E-state index in [2.05, 4.69) is 4.90 Å². The lowest BCUT2D eigenvalue weighted by atomic mass is 9.94. The summed E-state index contributed by atoms with van der Waals surface area (Å²) >= 11 is 8.20. The molecule has 11 heteroatoms. The van der Waals surface area contributed by atoms with Crippen molar-refractivity contribution in [1.29, 1.82) is 0 Å². The highest BCUT2D eigenvalue weighted by Gasteiger charge is 2.37. The van der Waals surface area contributed by atoms with Crippen molar-refractivity contribution in [3.63, 3.8) is 0 Å². The normalized spacial score (nSPS) is 17.8. The van der Waals surface area contributed by atoms with E-state index in [-0.39, 0.29) is 12.5 Å². The second-order valence-corrected chi connectivity index (χ2v) is 10.8. The Morgan fingerprint density at radius 2 is 2.08 bits per heavy atom. The second-order valence-electron chi connectivity index (χ2n) is 9.53. The third-order valence-electron chi connectivity index (χ3n) is 7.25. The van der Waals surface area contributed by atoms with Gasteiger partial charge in [-0.15, -0.1) is 11.3 Å². The number of imidazole rings is 1. The molecule has 1 amide bonds. The van der Waals surface area contributed by atoms with Crippen molar-refractivity contribution >= 4 is 33.8 Å². The maximum Gasteiger partial charge on any atom is 0.261 e. The van der Waals surface area contributed by atoms with Crippen LogP contribution in [0.15, 0.2) is 48.0 Å². The Kier molecular flexibility index (Phi) is 7.44. The van der Waals surface area contributed by atoms with Crippen LogP contribution in [0.4, 0.5) is 4.39 Å². The van der Waals surface area contributed by atoms with Crippen molar-refractivity contribution < 1.29 is 23.4 Å². The van der Waals surface area contributed by atoms with Gasteiger partial charge in [-0.3, -0.25) is 14.1 Å². The number of hydrogen-bond donors (Lipinski definition) is 0. The number of rotatable bonds is 7. The largest absolute Gasteiger partial charge is 0.497 e. The summed E-state index contributed by atoms with van der Waals surface area (Å²) in [7, 11) is 1.49. The number of carbonyl (C=O) groups is 1. The predicted octanol–water partition coefficient (Wildman–Crippen LogP) is 4.58. The van der Waals surface area contributed by atoms with Crippen LogP contribution < -0.4 is 9.47 Å². The first-order valence-electron chi connectivity index (χ1n) is 12.8. The van der Waals surface area contributed by atoms with Gasteiger partial charge in [0.2, 0.25) is 0 Å². The van der Waals surface area contributed by atoms with Crippen LogP contribution in [0.2, 0.25) is 5.02 Å². The van der Waals surface area contributed by atoms with E-state index in [1.54, 1.807) is 23.1 Å². The van der Waals surface area contributed by atoms with E-state index in [0.717, 1.165) is 35.0 Å². The van der Waals surface area contributed by atoms with Crippen molar-refractivity contribution in [3.05, 3.63) is 81.3 Å². The maximum atomic E-state index is 15.4. The number of thiazole rings is 1. The molecule has 2 aliphatic heterocycles. The first-order valence-corrected chi connectivity index (χ1v) is 14.1. The van der Waals surface area contributed by atoms with E-state index in [1.165, 1.54) is 24.5 Å². The molecule has 4 heterocycles. The molecule has 2 aliphatic rings. The molecule has 1 unspecified atom stereocenters. The minimum atomic E-state index is -0.663. The van der Waals surface area contributed by atoms with Gasteiger partial charge in [0.1, 0.15) is 23.4 Å². The lowest BCUT2D eigenvalue weighted by Crippen LogP contribution is -2.43. The Hall–Kier alpha value is -3.18. The van der Waals surface area contributed by atoms with Gasteiger partial charge in [0.05, 0.1) is 36.7 Å². The summed E-state index contributed by atoms with van der Waals surface area (Å²) in [5.41, 5.74) is 2.97. The van der Waals surface area contributed by atoms with Gasteiger partial charge in [0.25, 0.3) is 5.91 Å². The molecule has 0 saturated carbocycles. The summed E-state index contributed by atoms with van der Waals surface area (Å²) in [6, 6.07) is 9.66. The van der Waals surface area contributed by atoms with Crippen LogP contribution in [-0.2, 0) is 22.5 Å². The number of halogens is 2. The summed E-state index contributed by atoms with van der Waals surface area (Å²) in [5, 5.41) is 2.42. The van der Waals surface area contributed by atoms with Crippen LogP contribution in [0.3, 0.4) is 0 Å². The number of nitrogens with zero attached hydrogens (tertiary/aromatic N) is 4. The molecule has 0 bridgehead atoms. The van der Waals surface area contributed by atoms with E-state index in [1.807, 2.05) is 28.1 Å². The molecule has 1 saturated heterocycles. The summed E-state index contributed by atoms with van der Waals surface area (Å²) in [6.45, 7) is 3.92. The van der Waals surface area contributed by atoms with E-state index in [4.69, 9.17) is 30.8 Å². The highest BCUT2D eigenvalue weighted by atomic mass is 35.5. The zero-order valence-electron chi connectivity index (χ0n) is 21.4. The topological polar surface area (TPSA) is 68.5 Å². The zero-order chi connectivity index (χ0) is 26.9. The Balaban J connectivity index is 1.26. The summed E-state index contributed by atoms with van der Waals surface area (Å²) < 4.78 is 34.0. The van der Waals surface area contributed by atoms with E-state index in [9.17, 15) is 4.79 Å². The summed E-state index contributed by atoms with van der Waals surface area (Å²) in [4.78, 5) is 23.2. The van der Waals surface area contributed by atoms with Crippen LogP contribution in [0.25, 0.3) is 4.96 Å². The molecule has 39 heavy (non-hydrogen) atoms. The number of hydrogen-bond acceptors (Lipinski definition) is 7. The Labute approximate surface area is 234 Å². The first kappa shape index (κ1) is 26.1. The lowest BCUT2D eigenvalue weighted by Gasteiger charge is -2.36. The fraction of sp³-hybridized carbons (Fsp3) is 0.357. The minimum absolute atomic E-state index is 0.226. The van der Waals surface area contributed by atoms with Gasteiger partial charge in [0.15, 0.2) is 11.6 Å². The SMILES string of the molecule is COc1ccc(C2c3c(nc4sccn34)CCN2C(=O)COc2cccc(CN3CCOCC3)c2Cl)c(F)c1. The van der Waals surface area contributed by atoms with Crippen molar-refractivity contribution in [2.45, 2.75) is 19.0 Å². The van der Waals surface area contributed by atoms with Crippen molar-refractivity contribution in [2.75, 3.05) is 46.6 Å². The molecule has 204 valence electrons. The molecule has 0 radical (unpaired) electrons. The Morgan fingerprint density at radius 1 is 1.23 bits per heavy atom. The molecule has 4 aromatic rings. The van der Waals surface area contributed by atoms with Gasteiger partial charge >= 0.3 is 0 Å². The van der Waals surface area contributed by atoms with Gasteiger partial charge in [-0.05, 0) is 23.8 Å². The molecular formula is C28H28ClFN4O4S. The average Bonchev–Trinajstić information content (AvgIpc) is 3.55. The quantitative estimate of drug-likeness (QED) is 0.324. The highest BCUT2D eigenvalue weighted by molar-refractivity contribution is 7.15. The number of carbonyl (C=O) groups excluding carboxylic acids is 1. The van der Waals surface area contributed by atoms with Crippen molar-refractivity contribution in [1.82, 2.24) is 19.2 Å². The number of benzene rings is 2. The van der Waals surface area contributed by atoms with Crippen molar-refractivity contribution in [2.24, 2.45) is 0 Å². The molecule has 2 aromatic heterocycles. The van der Waals surface area contributed by atoms with Gasteiger partial charge in [-0.25, -0.2) is 9.37 Å². The van der Waals surface area contributed by atoms with Crippen LogP contribution in [0.1, 0.15) is 28.6 Å². The van der Waals surface area contributed by atoms with Crippen LogP contribution in [0, 0.1) is 5.82 Å². The van der Waals surface area contributed by atoms with Gasteiger partial charge < -0.3 is 19.1 Å². The molecule has 0 N–H and O–H groups in total. The number of fused-ring (bicyclic) bond motifs is 3. The highest BCUT2D eigenvalue weighted by Crippen LogP contribution is 2.39. The van der Waals surface area contributed by atoms with Crippen LogP contribution in [0.5, 0.6) is 11.5 Å². The molecule has 0 aliphatic carbocycles. The van der Waals surface area contributed by atoms with E-state index >= 15 is 4.39 Å². The number of morpholine rings is 1. The van der Waals surface area contributed by atoms with Gasteiger partial charge in [-0.2, -0.15) is 0 Å². The fourth-order valence-electron chi connectivity index (χ4n) is 5.28. The van der Waals surface area contributed by atoms with Crippen molar-refractivity contribution in [3.8, 4) is 11.5 Å². The molecule has 6 rings (SSSR count). The molecule has 0 spiro atoms. The number of methoxy groups -OCH3 is 1. The first-order chi connectivity index (χ1) is 19.0. The third-order valence-corrected chi connectivity index (χ3v) is 8.44. The second kappa shape index (κ2) is 11.1. The number of amides is 1. The van der Waals surface area contributed by atoms with Crippen LogP contribution >= 0.6 is 22.9 Å². The Bertz CT molecular complexity index is 1500. The molecule has 1 atom stereocenters. The van der Waals surface area contributed by atoms with Crippen LogP contribution in [-0.4, -0.2) is 71.7 Å². The average molecular weight is 571 g/mol. The Morgan fingerprint density at radius 3 is 2.87 bits per heavy atom. The monoisotopic (exact) mass is 570 g/mol. The number of aromatic nitrogens is 2. The zero-order valence-corrected chi connectivity index (χ0v) is 23.0. The maximum absolute atomic E-state index is 15.4. The van der Waals surface area contributed by atoms with E-state index in [0.29, 0.717) is 54.8 Å². The molecular weight excluding hydrogens is 543 g/mol. The molecule has 2 aromatic carbocycles. The lowest BCUT2D eigenvalue weighted by molar-refractivity contribution is -0.135. The van der Waals surface area contributed by atoms with Gasteiger partial charge in [-0.1, -0.05) is 23.7 Å². The summed E-state index contributed by atoms with van der Waals surface area (Å²) in [6.07, 6.45) is 2.48. The molecule has 1 fully saturated rings. The van der Waals surface area contributed by atoms with Gasteiger partial charge in [0, 0.05) is 55.8 Å². The summed E-state index contributed by atoms with van der Waals surface area (Å²) in [5.74, 6) is 0.148. The fourth-order valence-corrected chi connectivity index (χ4v) is 6.26. The predicted molar refractivity (Wildman–Crippen MR) is 146 cm³/mol.